The summed E-state index contributed by atoms with van der Waals surface area (Å²) in [5.41, 5.74) is 2.78. The first-order chi connectivity index (χ1) is 12.0. The zero-order valence-corrected chi connectivity index (χ0v) is 16.0. The van der Waals surface area contributed by atoms with E-state index in [0.29, 0.717) is 18.5 Å². The van der Waals surface area contributed by atoms with Crippen LogP contribution in [0.1, 0.15) is 43.4 Å². The second-order valence-electron chi connectivity index (χ2n) is 7.70. The lowest BCUT2D eigenvalue weighted by Crippen LogP contribution is -3.15. The molecule has 0 spiro atoms. The Morgan fingerprint density at radius 1 is 1.36 bits per heavy atom. The first kappa shape index (κ1) is 17.3. The Balaban J connectivity index is 1.65. The Morgan fingerprint density at radius 3 is 2.96 bits per heavy atom. The van der Waals surface area contributed by atoms with Crippen molar-refractivity contribution in [2.45, 2.75) is 44.7 Å². The van der Waals surface area contributed by atoms with Crippen molar-refractivity contribution in [3.05, 3.63) is 29.3 Å². The summed E-state index contributed by atoms with van der Waals surface area (Å²) in [6, 6.07) is 7.03. The van der Waals surface area contributed by atoms with Crippen LogP contribution in [0.4, 0.5) is 0 Å². The fourth-order valence-corrected chi connectivity index (χ4v) is 6.64. The number of fused-ring (bicyclic) bond motifs is 4. The molecule has 3 aliphatic heterocycles. The minimum absolute atomic E-state index is 0.181. The van der Waals surface area contributed by atoms with Crippen molar-refractivity contribution in [2.24, 2.45) is 5.92 Å². The van der Waals surface area contributed by atoms with Gasteiger partial charge >= 0.3 is 0 Å². The molecule has 25 heavy (non-hydrogen) atoms. The Labute approximate surface area is 151 Å². The Morgan fingerprint density at radius 2 is 2.20 bits per heavy atom. The minimum atomic E-state index is -3.11. The quantitative estimate of drug-likeness (QED) is 0.870. The number of ether oxygens (including phenoxy) is 1. The van der Waals surface area contributed by atoms with Crippen molar-refractivity contribution in [3.8, 4) is 5.75 Å². The lowest BCUT2D eigenvalue weighted by molar-refractivity contribution is -0.943. The van der Waals surface area contributed by atoms with Gasteiger partial charge in [-0.1, -0.05) is 0 Å². The normalized spacial score (nSPS) is 32.4. The number of benzene rings is 1. The number of piperidine rings is 2. The van der Waals surface area contributed by atoms with Gasteiger partial charge in [0.05, 0.1) is 26.0 Å². The summed E-state index contributed by atoms with van der Waals surface area (Å²) in [6.45, 7) is 4.72. The predicted molar refractivity (Wildman–Crippen MR) is 97.4 cm³/mol. The van der Waals surface area contributed by atoms with E-state index < -0.39 is 10.0 Å². The highest BCUT2D eigenvalue weighted by molar-refractivity contribution is 7.89. The van der Waals surface area contributed by atoms with Gasteiger partial charge in [0.25, 0.3) is 0 Å². The zero-order valence-electron chi connectivity index (χ0n) is 15.2. The molecule has 4 atom stereocenters. The summed E-state index contributed by atoms with van der Waals surface area (Å²) < 4.78 is 32.4. The summed E-state index contributed by atoms with van der Waals surface area (Å²) >= 11 is 0. The van der Waals surface area contributed by atoms with Crippen LogP contribution >= 0.6 is 0 Å². The topological polar surface area (TPSA) is 51.0 Å². The first-order valence-corrected chi connectivity index (χ1v) is 11.2. The highest BCUT2D eigenvalue weighted by Crippen LogP contribution is 2.37. The molecule has 0 saturated carbocycles. The summed E-state index contributed by atoms with van der Waals surface area (Å²) in [5, 5.41) is 0. The maximum atomic E-state index is 12.6. The third-order valence-electron chi connectivity index (χ3n) is 6.52. The van der Waals surface area contributed by atoms with Crippen molar-refractivity contribution < 1.29 is 18.1 Å². The summed E-state index contributed by atoms with van der Waals surface area (Å²) in [7, 11) is -1.40. The van der Waals surface area contributed by atoms with Crippen LogP contribution in [0.25, 0.3) is 0 Å². The summed E-state index contributed by atoms with van der Waals surface area (Å²) in [6.07, 6.45) is 4.23. The van der Waals surface area contributed by atoms with E-state index >= 15 is 0 Å². The van der Waals surface area contributed by atoms with Gasteiger partial charge in [-0.25, -0.2) is 8.42 Å². The minimum Gasteiger partial charge on any atom is -0.497 e. The van der Waals surface area contributed by atoms with E-state index in [9.17, 15) is 8.42 Å². The third kappa shape index (κ3) is 2.98. The van der Waals surface area contributed by atoms with Crippen LogP contribution in [-0.2, 0) is 16.4 Å². The largest absolute Gasteiger partial charge is 0.497 e. The van der Waals surface area contributed by atoms with Gasteiger partial charge < -0.3 is 9.64 Å². The molecule has 4 rings (SSSR count). The predicted octanol–water partition coefficient (Wildman–Crippen LogP) is 1.01. The molecule has 2 fully saturated rings. The average molecular weight is 366 g/mol. The molecular formula is C19H29N2O3S+. The molecule has 1 N–H and O–H groups in total. The molecule has 1 aromatic rings. The molecule has 5 nitrogen and oxygen atoms in total. The monoisotopic (exact) mass is 365 g/mol. The molecule has 0 aliphatic carbocycles. The van der Waals surface area contributed by atoms with Crippen LogP contribution in [0.5, 0.6) is 5.75 Å². The highest BCUT2D eigenvalue weighted by atomic mass is 32.2. The second kappa shape index (κ2) is 6.56. The van der Waals surface area contributed by atoms with E-state index in [1.54, 1.807) is 18.9 Å². The van der Waals surface area contributed by atoms with Crippen LogP contribution in [0.15, 0.2) is 18.2 Å². The van der Waals surface area contributed by atoms with Crippen LogP contribution in [0.3, 0.4) is 0 Å². The third-order valence-corrected chi connectivity index (χ3v) is 8.42. The molecule has 0 radical (unpaired) electrons. The molecule has 2 saturated heterocycles. The molecule has 1 unspecified atom stereocenters. The fourth-order valence-electron chi connectivity index (χ4n) is 5.23. The highest BCUT2D eigenvalue weighted by Gasteiger charge is 2.47. The van der Waals surface area contributed by atoms with Gasteiger partial charge in [-0.2, -0.15) is 4.31 Å². The number of hydrogen-bond donors (Lipinski definition) is 1. The van der Waals surface area contributed by atoms with E-state index in [0.717, 1.165) is 38.1 Å². The Hall–Kier alpha value is -1.11. The van der Waals surface area contributed by atoms with Gasteiger partial charge in [0.1, 0.15) is 11.8 Å². The van der Waals surface area contributed by atoms with Crippen molar-refractivity contribution in [3.63, 3.8) is 0 Å². The summed E-state index contributed by atoms with van der Waals surface area (Å²) in [4.78, 5) is 1.65. The van der Waals surface area contributed by atoms with Crippen LogP contribution < -0.4 is 9.64 Å². The summed E-state index contributed by atoms with van der Waals surface area (Å²) in [5.74, 6) is 1.65. The van der Waals surface area contributed by atoms with Gasteiger partial charge in [0.2, 0.25) is 10.0 Å². The van der Waals surface area contributed by atoms with Crippen LogP contribution in [0.2, 0.25) is 0 Å². The van der Waals surface area contributed by atoms with E-state index in [-0.39, 0.29) is 11.8 Å². The van der Waals surface area contributed by atoms with Crippen LogP contribution in [0, 0.1) is 5.92 Å². The van der Waals surface area contributed by atoms with Crippen molar-refractivity contribution in [1.29, 1.82) is 0 Å². The molecule has 1 aromatic carbocycles. The van der Waals surface area contributed by atoms with Crippen molar-refractivity contribution in [1.82, 2.24) is 4.31 Å². The lowest BCUT2D eigenvalue weighted by atomic mass is 9.77. The number of nitrogens with one attached hydrogen (secondary N) is 1. The molecule has 3 aliphatic rings. The smallest absolute Gasteiger partial charge is 0.214 e. The molecule has 3 heterocycles. The molecule has 0 amide bonds. The number of quaternary nitrogens is 1. The maximum absolute atomic E-state index is 12.6. The van der Waals surface area contributed by atoms with Gasteiger partial charge in [0, 0.05) is 36.9 Å². The van der Waals surface area contributed by atoms with Crippen molar-refractivity contribution >= 4 is 10.0 Å². The Bertz CT molecular complexity index is 749. The zero-order chi connectivity index (χ0) is 17.6. The van der Waals surface area contributed by atoms with E-state index in [1.807, 2.05) is 4.31 Å². The van der Waals surface area contributed by atoms with Gasteiger partial charge in [-0.05, 0) is 43.5 Å². The van der Waals surface area contributed by atoms with Crippen molar-refractivity contribution in [2.75, 3.05) is 32.5 Å². The number of nitrogens with zero attached hydrogens (tertiary/aromatic N) is 1. The van der Waals surface area contributed by atoms with Gasteiger partial charge in [0.15, 0.2) is 0 Å². The second-order valence-corrected chi connectivity index (χ2v) is 9.91. The van der Waals surface area contributed by atoms with E-state index in [1.165, 1.54) is 17.5 Å². The van der Waals surface area contributed by atoms with Gasteiger partial charge in [-0.15, -0.1) is 0 Å². The molecular weight excluding hydrogens is 336 g/mol. The Kier molecular flexibility index (Phi) is 4.54. The van der Waals surface area contributed by atoms with Crippen LogP contribution in [-0.4, -0.2) is 51.3 Å². The number of hydrogen-bond acceptors (Lipinski definition) is 3. The fraction of sp³-hybridized carbons (Fsp3) is 0.684. The number of sulfonamides is 1. The van der Waals surface area contributed by atoms with Gasteiger partial charge in [-0.3, -0.25) is 0 Å². The SMILES string of the molecule is CCS(=O)(=O)N1CCC[C@@H]2C[NH+]3CCc4cc(OC)ccc4[C@@H]3C[C@@H]21. The first-order valence-electron chi connectivity index (χ1n) is 9.54. The average Bonchev–Trinajstić information content (AvgIpc) is 2.65. The molecule has 6 heteroatoms. The standard InChI is InChI=1S/C19H28N2O3S/c1-3-25(22,23)21-9-4-5-15-13-20-10-8-14-11-16(24-2)6-7-17(14)19(20)12-18(15)21/h6-7,11,15,18-19H,3-5,8-10,12-13H2,1-2H3/p+1/t15-,18+,19+/m1/s1. The van der Waals surface area contributed by atoms with E-state index in [4.69, 9.17) is 4.74 Å². The number of rotatable bonds is 3. The molecule has 0 aromatic heterocycles. The number of methoxy groups -OCH3 is 1. The maximum Gasteiger partial charge on any atom is 0.214 e. The lowest BCUT2D eigenvalue weighted by Gasteiger charge is -2.49. The van der Waals surface area contributed by atoms with E-state index in [2.05, 4.69) is 18.2 Å². The molecule has 0 bridgehead atoms. The molecule has 138 valence electrons.